The maximum atomic E-state index is 13.5. The highest BCUT2D eigenvalue weighted by Gasteiger charge is 2.47. The van der Waals surface area contributed by atoms with Crippen LogP contribution in [0.5, 0.6) is 0 Å². The Labute approximate surface area is 154 Å². The van der Waals surface area contributed by atoms with E-state index in [9.17, 15) is 13.9 Å². The summed E-state index contributed by atoms with van der Waals surface area (Å²) in [4.78, 5) is 4.63. The predicted octanol–water partition coefficient (Wildman–Crippen LogP) is 4.52. The van der Waals surface area contributed by atoms with Crippen molar-refractivity contribution in [2.24, 2.45) is 0 Å². The van der Waals surface area contributed by atoms with Gasteiger partial charge in [0.25, 0.3) is 0 Å². The van der Waals surface area contributed by atoms with Gasteiger partial charge in [0, 0.05) is 16.0 Å². The van der Waals surface area contributed by atoms with Crippen molar-refractivity contribution in [2.75, 3.05) is 0 Å². The van der Waals surface area contributed by atoms with Crippen LogP contribution in [0.3, 0.4) is 0 Å². The van der Waals surface area contributed by atoms with Crippen LogP contribution in [-0.4, -0.2) is 15.7 Å². The maximum Gasteiger partial charge on any atom is 0.126 e. The number of aromatic nitrogens is 1. The van der Waals surface area contributed by atoms with Crippen molar-refractivity contribution in [1.82, 2.24) is 4.98 Å². The van der Waals surface area contributed by atoms with E-state index in [1.165, 1.54) is 12.1 Å². The molecule has 0 amide bonds. The Hall–Kier alpha value is -1.77. The van der Waals surface area contributed by atoms with E-state index in [0.717, 1.165) is 29.1 Å². The minimum absolute atomic E-state index is 0.231. The molecule has 3 rings (SSSR count). The number of nitrogens with zero attached hydrogens (tertiary/aromatic N) is 1. The molecule has 0 atom stereocenters. The van der Waals surface area contributed by atoms with Gasteiger partial charge in [0.2, 0.25) is 0 Å². The first-order chi connectivity index (χ1) is 11.7. The fraction of sp³-hybridized carbons (Fsp3) is 0.350. The van der Waals surface area contributed by atoms with Crippen LogP contribution < -0.4 is 0 Å². The third-order valence-corrected chi connectivity index (χ3v) is 4.80. The van der Waals surface area contributed by atoms with Gasteiger partial charge >= 0.3 is 0 Å². The van der Waals surface area contributed by atoms with Crippen LogP contribution in [-0.2, 0) is 11.8 Å². The highest BCUT2D eigenvalue weighted by Crippen LogP contribution is 2.52. The van der Waals surface area contributed by atoms with Gasteiger partial charge in [-0.2, -0.15) is 0 Å². The lowest BCUT2D eigenvalue weighted by Gasteiger charge is -2.17. The van der Waals surface area contributed by atoms with Gasteiger partial charge in [0.1, 0.15) is 22.9 Å². The summed E-state index contributed by atoms with van der Waals surface area (Å²) in [5, 5.41) is 9.74. The monoisotopic (exact) mass is 405 g/mol. The molecule has 1 heterocycles. The molecule has 0 aliphatic heterocycles. The van der Waals surface area contributed by atoms with E-state index in [1.54, 1.807) is 19.9 Å². The van der Waals surface area contributed by atoms with Crippen LogP contribution in [0.15, 0.2) is 34.8 Å². The summed E-state index contributed by atoms with van der Waals surface area (Å²) < 4.78 is 27.8. The van der Waals surface area contributed by atoms with Crippen molar-refractivity contribution in [3.05, 3.63) is 63.4 Å². The molecule has 0 radical (unpaired) electrons. The molecule has 25 heavy (non-hydrogen) atoms. The number of benzene rings is 1. The van der Waals surface area contributed by atoms with E-state index in [2.05, 4.69) is 32.8 Å². The number of aliphatic hydroxyl groups is 1. The number of rotatable bonds is 3. The fourth-order valence-corrected chi connectivity index (χ4v) is 3.49. The summed E-state index contributed by atoms with van der Waals surface area (Å²) in [6, 6.07) is 7.28. The third-order valence-electron chi connectivity index (χ3n) is 4.16. The fourth-order valence-electron chi connectivity index (χ4n) is 2.85. The minimum atomic E-state index is -1.09. The predicted molar refractivity (Wildman–Crippen MR) is 96.1 cm³/mol. The van der Waals surface area contributed by atoms with Crippen LogP contribution in [0.1, 0.15) is 43.6 Å². The van der Waals surface area contributed by atoms with E-state index in [0.29, 0.717) is 17.7 Å². The largest absolute Gasteiger partial charge is 0.378 e. The van der Waals surface area contributed by atoms with Crippen LogP contribution in [0.2, 0.25) is 0 Å². The number of halogens is 3. The van der Waals surface area contributed by atoms with E-state index in [1.807, 2.05) is 6.07 Å². The molecular weight excluding hydrogens is 388 g/mol. The molecule has 0 bridgehead atoms. The minimum Gasteiger partial charge on any atom is -0.378 e. The molecule has 0 saturated heterocycles. The van der Waals surface area contributed by atoms with E-state index in [4.69, 9.17) is 0 Å². The van der Waals surface area contributed by atoms with Crippen molar-refractivity contribution in [3.8, 4) is 11.8 Å². The van der Waals surface area contributed by atoms with Gasteiger partial charge in [-0.3, -0.25) is 0 Å². The highest BCUT2D eigenvalue weighted by molar-refractivity contribution is 9.10. The Morgan fingerprint density at radius 2 is 1.84 bits per heavy atom. The zero-order chi connectivity index (χ0) is 18.2. The van der Waals surface area contributed by atoms with E-state index < -0.39 is 17.2 Å². The normalized spacial score (nSPS) is 15.4. The topological polar surface area (TPSA) is 33.1 Å². The first-order valence-electron chi connectivity index (χ1n) is 8.04. The third kappa shape index (κ3) is 4.45. The zero-order valence-electron chi connectivity index (χ0n) is 14.0. The number of pyridine rings is 1. The van der Waals surface area contributed by atoms with Crippen LogP contribution in [0, 0.1) is 23.5 Å². The first kappa shape index (κ1) is 18.0. The molecule has 1 saturated carbocycles. The smallest absolute Gasteiger partial charge is 0.126 e. The quantitative estimate of drug-likeness (QED) is 0.761. The summed E-state index contributed by atoms with van der Waals surface area (Å²) in [5.41, 5.74) is 0.713. The van der Waals surface area contributed by atoms with Gasteiger partial charge < -0.3 is 5.11 Å². The van der Waals surface area contributed by atoms with Gasteiger partial charge in [-0.1, -0.05) is 5.92 Å². The molecule has 5 heteroatoms. The summed E-state index contributed by atoms with van der Waals surface area (Å²) in [7, 11) is 0. The van der Waals surface area contributed by atoms with Crippen molar-refractivity contribution in [3.63, 3.8) is 0 Å². The van der Waals surface area contributed by atoms with E-state index >= 15 is 0 Å². The summed E-state index contributed by atoms with van der Waals surface area (Å²) >= 11 is 3.53. The molecule has 1 aliphatic carbocycles. The number of hydrogen-bond donors (Lipinski definition) is 1. The molecule has 2 aromatic rings. The number of hydrogen-bond acceptors (Lipinski definition) is 2. The van der Waals surface area contributed by atoms with Crippen molar-refractivity contribution < 1.29 is 13.9 Å². The van der Waals surface area contributed by atoms with Gasteiger partial charge in [0.15, 0.2) is 0 Å². The maximum absolute atomic E-state index is 13.5. The van der Waals surface area contributed by atoms with Crippen molar-refractivity contribution in [2.45, 2.75) is 44.1 Å². The molecule has 1 aromatic heterocycles. The Balaban J connectivity index is 1.93. The molecule has 2 nitrogen and oxygen atoms in total. The average molecular weight is 406 g/mol. The molecule has 0 unspecified atom stereocenters. The average Bonchev–Trinajstić information content (AvgIpc) is 3.25. The van der Waals surface area contributed by atoms with Crippen LogP contribution >= 0.6 is 15.9 Å². The van der Waals surface area contributed by atoms with Crippen molar-refractivity contribution >= 4 is 15.9 Å². The molecule has 1 N–H and O–H groups in total. The SMILES string of the molecule is CC(C)(O)C#Cc1ccc(Br)c(C2(Cc3cc(F)cc(F)c3)CC2)n1. The first-order valence-corrected chi connectivity index (χ1v) is 8.84. The van der Waals surface area contributed by atoms with Gasteiger partial charge in [0.05, 0.1) is 5.69 Å². The van der Waals surface area contributed by atoms with Gasteiger partial charge in [-0.05, 0) is 84.8 Å². The summed E-state index contributed by atoms with van der Waals surface area (Å²) in [6.07, 6.45) is 2.33. The summed E-state index contributed by atoms with van der Waals surface area (Å²) in [6.45, 7) is 3.22. The zero-order valence-corrected chi connectivity index (χ0v) is 15.6. The molecule has 1 aliphatic rings. The van der Waals surface area contributed by atoms with Crippen molar-refractivity contribution in [1.29, 1.82) is 0 Å². The lowest BCUT2D eigenvalue weighted by molar-refractivity contribution is 0.143. The Kier molecular flexibility index (Phi) is 4.70. The van der Waals surface area contributed by atoms with Gasteiger partial charge in [-0.25, -0.2) is 13.8 Å². The van der Waals surface area contributed by atoms with Gasteiger partial charge in [-0.15, -0.1) is 0 Å². The summed E-state index contributed by atoms with van der Waals surface area (Å²) in [5.74, 6) is 4.50. The lowest BCUT2D eigenvalue weighted by atomic mass is 9.92. The van der Waals surface area contributed by atoms with Crippen LogP contribution in [0.25, 0.3) is 0 Å². The second kappa shape index (κ2) is 6.51. The second-order valence-electron chi connectivity index (χ2n) is 7.07. The Morgan fingerprint density at radius 1 is 1.20 bits per heavy atom. The molecule has 130 valence electrons. The lowest BCUT2D eigenvalue weighted by Crippen LogP contribution is -2.16. The van der Waals surface area contributed by atoms with Crippen LogP contribution in [0.4, 0.5) is 8.78 Å². The Morgan fingerprint density at radius 3 is 2.40 bits per heavy atom. The molecule has 1 fully saturated rings. The standard InChI is InChI=1S/C20H18BrF2NO/c1-19(2,25)6-5-16-3-4-17(21)18(24-16)20(7-8-20)12-13-9-14(22)11-15(23)10-13/h3-4,9-11,25H,7-8,12H2,1-2H3. The Bertz CT molecular complexity index is 853. The van der Waals surface area contributed by atoms with E-state index in [-0.39, 0.29) is 5.41 Å². The molecule has 1 aromatic carbocycles. The second-order valence-corrected chi connectivity index (χ2v) is 7.93. The highest BCUT2D eigenvalue weighted by atomic mass is 79.9. The molecule has 0 spiro atoms. The molecular formula is C20H18BrF2NO.